The molecule has 4 bridgehead atoms. The molecule has 0 radical (unpaired) electrons. The molecule has 2 heterocycles. The molecule has 0 spiro atoms. The molecule has 0 amide bonds. The van der Waals surface area contributed by atoms with Crippen LogP contribution in [0.2, 0.25) is 0 Å². The van der Waals surface area contributed by atoms with Gasteiger partial charge in [-0.2, -0.15) is 5.26 Å². The number of morpholine rings is 1. The minimum absolute atomic E-state index is 0.0276. The monoisotopic (exact) mass is 413 g/mol. The van der Waals surface area contributed by atoms with E-state index in [1.165, 1.54) is 55.6 Å². The number of carbonyl (C=O) groups is 1. The Labute approximate surface area is 177 Å². The molecular weight excluding hydrogens is 382 g/mol. The van der Waals surface area contributed by atoms with Crippen molar-refractivity contribution in [2.75, 3.05) is 19.6 Å². The lowest BCUT2D eigenvalue weighted by molar-refractivity contribution is -0.124. The van der Waals surface area contributed by atoms with Crippen LogP contribution in [0.5, 0.6) is 0 Å². The van der Waals surface area contributed by atoms with Gasteiger partial charge in [-0.05, 0) is 70.1 Å². The van der Waals surface area contributed by atoms with Crippen molar-refractivity contribution in [3.63, 3.8) is 0 Å². The summed E-state index contributed by atoms with van der Waals surface area (Å²) in [4.78, 5) is 20.0. The van der Waals surface area contributed by atoms with Crippen molar-refractivity contribution >= 4 is 17.1 Å². The Kier molecular flexibility index (Phi) is 5.04. The van der Waals surface area contributed by atoms with Crippen molar-refractivity contribution < 1.29 is 9.53 Å². The average molecular weight is 414 g/mol. The van der Waals surface area contributed by atoms with Gasteiger partial charge in [0.25, 0.3) is 0 Å². The zero-order valence-electron chi connectivity index (χ0n) is 17.5. The molecule has 5 aliphatic rings. The minimum atomic E-state index is -0.740. The van der Waals surface area contributed by atoms with Crippen LogP contribution in [-0.2, 0) is 14.9 Å². The summed E-state index contributed by atoms with van der Waals surface area (Å²) in [7, 11) is 0. The molecule has 4 aliphatic carbocycles. The summed E-state index contributed by atoms with van der Waals surface area (Å²) in [6.45, 7) is 5.86. The molecule has 3 atom stereocenters. The van der Waals surface area contributed by atoms with E-state index in [4.69, 9.17) is 9.72 Å². The number of Topliss-reactive ketones (excluding diaryl/α,β-unsaturated/α-hetero) is 1. The summed E-state index contributed by atoms with van der Waals surface area (Å²) in [6.07, 6.45) is 8.25. The molecule has 1 saturated heterocycles. The maximum Gasteiger partial charge on any atom is 0.170 e. The Morgan fingerprint density at radius 2 is 1.83 bits per heavy atom. The predicted octanol–water partition coefficient (Wildman–Crippen LogP) is 3.90. The van der Waals surface area contributed by atoms with Crippen LogP contribution in [0.3, 0.4) is 0 Å². The molecule has 156 valence electrons. The lowest BCUT2D eigenvalue weighted by Crippen LogP contribution is -2.48. The van der Waals surface area contributed by atoms with Gasteiger partial charge < -0.3 is 4.74 Å². The van der Waals surface area contributed by atoms with E-state index in [9.17, 15) is 10.1 Å². The van der Waals surface area contributed by atoms with Gasteiger partial charge in [0.2, 0.25) is 0 Å². The van der Waals surface area contributed by atoms with Crippen LogP contribution >= 0.6 is 11.3 Å². The Morgan fingerprint density at radius 3 is 2.38 bits per heavy atom. The first-order chi connectivity index (χ1) is 13.9. The summed E-state index contributed by atoms with van der Waals surface area (Å²) in [6, 6.07) is 2.26. The second kappa shape index (κ2) is 7.44. The largest absolute Gasteiger partial charge is 0.373 e. The van der Waals surface area contributed by atoms with Crippen LogP contribution in [-0.4, -0.2) is 47.5 Å². The quantitative estimate of drug-likeness (QED) is 0.732. The molecule has 0 N–H and O–H groups in total. The lowest BCUT2D eigenvalue weighted by atomic mass is 9.49. The summed E-state index contributed by atoms with van der Waals surface area (Å²) in [5.41, 5.74) is 1.40. The number of ether oxygens (including phenoxy) is 1. The Morgan fingerprint density at radius 1 is 1.24 bits per heavy atom. The Bertz CT molecular complexity index is 783. The Hall–Kier alpha value is -1.29. The normalized spacial score (nSPS) is 40.0. The Balaban J connectivity index is 1.31. The van der Waals surface area contributed by atoms with E-state index >= 15 is 0 Å². The predicted molar refractivity (Wildman–Crippen MR) is 112 cm³/mol. The fraction of sp³-hybridized carbons (Fsp3) is 0.783. The lowest BCUT2D eigenvalue weighted by Gasteiger charge is -2.56. The van der Waals surface area contributed by atoms with Gasteiger partial charge in [-0.1, -0.05) is 0 Å². The molecular formula is C23H31N3O2S. The zero-order chi connectivity index (χ0) is 20.2. The summed E-state index contributed by atoms with van der Waals surface area (Å²) in [5.74, 6) is 1.83. The number of carbonyl (C=O) groups excluding carboxylic acids is 1. The summed E-state index contributed by atoms with van der Waals surface area (Å²) < 4.78 is 5.76. The van der Waals surface area contributed by atoms with Gasteiger partial charge in [0.1, 0.15) is 5.01 Å². The third kappa shape index (κ3) is 3.66. The van der Waals surface area contributed by atoms with Crippen LogP contribution in [0.1, 0.15) is 69.0 Å². The number of hydrogen-bond donors (Lipinski definition) is 0. The van der Waals surface area contributed by atoms with Gasteiger partial charge in [0, 0.05) is 23.9 Å². The number of aromatic nitrogens is 1. The van der Waals surface area contributed by atoms with E-state index in [-0.39, 0.29) is 23.4 Å². The maximum atomic E-state index is 13.0. The van der Waals surface area contributed by atoms with Crippen molar-refractivity contribution in [2.24, 2.45) is 17.8 Å². The molecule has 6 rings (SSSR count). The fourth-order valence-electron chi connectivity index (χ4n) is 7.08. The first-order valence-electron chi connectivity index (χ1n) is 11.2. The highest BCUT2D eigenvalue weighted by molar-refractivity contribution is 7.10. The number of thiazole rings is 1. The smallest absolute Gasteiger partial charge is 0.170 e. The molecule has 1 aromatic rings. The van der Waals surface area contributed by atoms with Gasteiger partial charge in [-0.15, -0.1) is 11.3 Å². The van der Waals surface area contributed by atoms with E-state index in [0.29, 0.717) is 11.6 Å². The molecule has 5 nitrogen and oxygen atoms in total. The highest BCUT2D eigenvalue weighted by Crippen LogP contribution is 2.60. The third-order valence-corrected chi connectivity index (χ3v) is 8.59. The number of rotatable bonds is 5. The first kappa shape index (κ1) is 19.7. The number of nitrogens with zero attached hydrogens (tertiary/aromatic N) is 3. The first-order valence-corrected chi connectivity index (χ1v) is 12.1. The highest BCUT2D eigenvalue weighted by atomic mass is 32.1. The number of ketones is 1. The van der Waals surface area contributed by atoms with Crippen molar-refractivity contribution in [3.05, 3.63) is 16.1 Å². The topological polar surface area (TPSA) is 66.2 Å². The molecule has 5 fully saturated rings. The minimum Gasteiger partial charge on any atom is -0.373 e. The highest BCUT2D eigenvalue weighted by Gasteiger charge is 2.52. The van der Waals surface area contributed by atoms with Crippen molar-refractivity contribution in [1.82, 2.24) is 9.88 Å². The molecule has 4 saturated carbocycles. The molecule has 0 unspecified atom stereocenters. The number of hydrogen-bond acceptors (Lipinski definition) is 6. The van der Waals surface area contributed by atoms with Gasteiger partial charge in [-0.3, -0.25) is 9.69 Å². The van der Waals surface area contributed by atoms with E-state index < -0.39 is 5.92 Å². The molecule has 0 aromatic carbocycles. The van der Waals surface area contributed by atoms with Crippen LogP contribution < -0.4 is 0 Å². The maximum absolute atomic E-state index is 13.0. The summed E-state index contributed by atoms with van der Waals surface area (Å²) >= 11 is 1.52. The van der Waals surface area contributed by atoms with Gasteiger partial charge in [0.05, 0.1) is 30.5 Å². The van der Waals surface area contributed by atoms with Crippen LogP contribution in [0, 0.1) is 29.1 Å². The van der Waals surface area contributed by atoms with E-state index in [1.54, 1.807) is 0 Å². The number of nitriles is 1. The van der Waals surface area contributed by atoms with E-state index in [0.717, 1.165) is 30.8 Å². The molecule has 1 aliphatic heterocycles. The standard InChI is InChI=1S/C23H31N3O2S/c1-14-10-26(11-15(2)28-14)12-20(27)19(9-24)22-25-21(13-29-22)23-6-16-3-17(7-23)5-18(4-16)8-23/h13-19H,3-8,10-12H2,1-2H3/t14-,15-,16?,17?,18?,19-,23?/m1/s1. The molecule has 1 aromatic heterocycles. The van der Waals surface area contributed by atoms with Crippen LogP contribution in [0.4, 0.5) is 0 Å². The van der Waals surface area contributed by atoms with Crippen molar-refractivity contribution in [1.29, 1.82) is 5.26 Å². The second-order valence-electron chi connectivity index (χ2n) is 10.2. The second-order valence-corrected chi connectivity index (χ2v) is 11.1. The third-order valence-electron chi connectivity index (χ3n) is 7.68. The van der Waals surface area contributed by atoms with E-state index in [1.807, 2.05) is 13.8 Å². The van der Waals surface area contributed by atoms with E-state index in [2.05, 4.69) is 16.3 Å². The SMILES string of the molecule is C[C@@H]1CN(CC(=O)[C@@H](C#N)c2nc(C34CC5CC(CC(C5)C3)C4)cs2)C[C@@H](C)O1. The van der Waals surface area contributed by atoms with Crippen molar-refractivity contribution in [2.45, 2.75) is 75.9 Å². The summed E-state index contributed by atoms with van der Waals surface area (Å²) in [5, 5.41) is 12.7. The van der Waals surface area contributed by atoms with Crippen molar-refractivity contribution in [3.8, 4) is 6.07 Å². The molecule has 6 heteroatoms. The van der Waals surface area contributed by atoms with Crippen LogP contribution in [0.15, 0.2) is 5.38 Å². The molecule has 29 heavy (non-hydrogen) atoms. The average Bonchev–Trinajstić information content (AvgIpc) is 3.11. The van der Waals surface area contributed by atoms with Gasteiger partial charge in [0.15, 0.2) is 11.7 Å². The van der Waals surface area contributed by atoms with Gasteiger partial charge >= 0.3 is 0 Å². The van der Waals surface area contributed by atoms with Crippen LogP contribution in [0.25, 0.3) is 0 Å². The zero-order valence-corrected chi connectivity index (χ0v) is 18.3. The van der Waals surface area contributed by atoms with Gasteiger partial charge in [-0.25, -0.2) is 4.98 Å². The fourth-order valence-corrected chi connectivity index (χ4v) is 8.08.